The number of aromatic amines is 1. The van der Waals surface area contributed by atoms with Crippen LogP contribution in [-0.4, -0.2) is 41.8 Å². The van der Waals surface area contributed by atoms with Crippen molar-refractivity contribution in [1.82, 2.24) is 15.1 Å². The summed E-state index contributed by atoms with van der Waals surface area (Å²) >= 11 is 6.07. The van der Waals surface area contributed by atoms with Crippen molar-refractivity contribution >= 4 is 17.5 Å². The maximum Gasteiger partial charge on any atom is 0.273 e. The number of hydrogen-bond donors (Lipinski definition) is 1. The number of methoxy groups -OCH3 is 2. The molecule has 3 aromatic carbocycles. The van der Waals surface area contributed by atoms with Crippen molar-refractivity contribution < 1.29 is 18.7 Å². The molecule has 5 rings (SSSR count). The van der Waals surface area contributed by atoms with Crippen LogP contribution in [0.5, 0.6) is 11.5 Å². The lowest BCUT2D eigenvalue weighted by Gasteiger charge is -2.26. The second-order valence-corrected chi connectivity index (χ2v) is 8.70. The molecule has 0 bridgehead atoms. The summed E-state index contributed by atoms with van der Waals surface area (Å²) < 4.78 is 25.0. The minimum absolute atomic E-state index is 0.178. The minimum Gasteiger partial charge on any atom is -0.493 e. The normalized spacial score (nSPS) is 14.8. The number of H-pyrrole nitrogens is 1. The number of carbonyl (C=O) groups is 1. The number of amides is 1. The van der Waals surface area contributed by atoms with Crippen LogP contribution in [0, 0.1) is 5.82 Å². The average molecular weight is 492 g/mol. The van der Waals surface area contributed by atoms with Gasteiger partial charge in [-0.2, -0.15) is 5.10 Å². The van der Waals surface area contributed by atoms with Crippen molar-refractivity contribution in [2.24, 2.45) is 0 Å². The number of hydrogen-bond acceptors (Lipinski definition) is 4. The minimum atomic E-state index is -0.488. The van der Waals surface area contributed by atoms with E-state index in [0.29, 0.717) is 46.4 Å². The average Bonchev–Trinajstić information content (AvgIpc) is 3.41. The number of rotatable bonds is 7. The highest BCUT2D eigenvalue weighted by Gasteiger charge is 2.42. The molecule has 1 aliphatic rings. The molecule has 0 saturated carbocycles. The molecule has 1 unspecified atom stereocenters. The van der Waals surface area contributed by atoms with E-state index < -0.39 is 6.04 Å². The summed E-state index contributed by atoms with van der Waals surface area (Å²) in [6.45, 7) is 0.415. The Morgan fingerprint density at radius 1 is 1.03 bits per heavy atom. The molecule has 0 saturated heterocycles. The lowest BCUT2D eigenvalue weighted by atomic mass is 9.96. The summed E-state index contributed by atoms with van der Waals surface area (Å²) in [6, 6.07) is 18.8. The van der Waals surface area contributed by atoms with Gasteiger partial charge in [-0.3, -0.25) is 9.89 Å². The fourth-order valence-electron chi connectivity index (χ4n) is 4.56. The maximum absolute atomic E-state index is 14.3. The van der Waals surface area contributed by atoms with Crippen LogP contribution >= 0.6 is 11.6 Å². The summed E-state index contributed by atoms with van der Waals surface area (Å²) in [4.78, 5) is 15.3. The van der Waals surface area contributed by atoms with Crippen LogP contribution in [-0.2, 0) is 6.42 Å². The highest BCUT2D eigenvalue weighted by Crippen LogP contribution is 2.43. The lowest BCUT2D eigenvalue weighted by Crippen LogP contribution is -2.31. The molecule has 1 amide bonds. The molecule has 1 aliphatic heterocycles. The largest absolute Gasteiger partial charge is 0.493 e. The van der Waals surface area contributed by atoms with E-state index in [1.165, 1.54) is 12.1 Å². The van der Waals surface area contributed by atoms with Gasteiger partial charge in [0, 0.05) is 22.7 Å². The van der Waals surface area contributed by atoms with Crippen molar-refractivity contribution in [3.05, 3.63) is 100.0 Å². The topological polar surface area (TPSA) is 67.5 Å². The first-order valence-corrected chi connectivity index (χ1v) is 11.5. The van der Waals surface area contributed by atoms with E-state index in [0.717, 1.165) is 16.7 Å². The number of nitrogens with one attached hydrogen (secondary N) is 1. The predicted molar refractivity (Wildman–Crippen MR) is 132 cm³/mol. The van der Waals surface area contributed by atoms with Crippen LogP contribution < -0.4 is 9.47 Å². The van der Waals surface area contributed by atoms with E-state index in [-0.39, 0.29) is 11.7 Å². The summed E-state index contributed by atoms with van der Waals surface area (Å²) in [5, 5.41) is 7.97. The molecular weight excluding hydrogens is 469 g/mol. The molecule has 4 aromatic rings. The molecule has 35 heavy (non-hydrogen) atoms. The van der Waals surface area contributed by atoms with Crippen LogP contribution in [0.4, 0.5) is 4.39 Å². The number of fused-ring (bicyclic) bond motifs is 1. The monoisotopic (exact) mass is 491 g/mol. The molecule has 6 nitrogen and oxygen atoms in total. The van der Waals surface area contributed by atoms with Crippen LogP contribution in [0.1, 0.15) is 33.2 Å². The first-order valence-electron chi connectivity index (χ1n) is 11.1. The molecule has 0 aliphatic carbocycles. The second-order valence-electron chi connectivity index (χ2n) is 8.26. The summed E-state index contributed by atoms with van der Waals surface area (Å²) in [5.74, 6) is 0.723. The standard InChI is InChI=1S/C27H23ClFN3O3/c1-34-21-11-6-16(14-22(21)35-2)12-13-32-26(18-4-3-5-20(29)15-18)23-24(30-31-25(23)27(32)33)17-7-9-19(28)10-8-17/h3-11,14-15,26H,12-13H2,1-2H3,(H,30,31). The van der Waals surface area contributed by atoms with Gasteiger partial charge in [-0.15, -0.1) is 0 Å². The smallest absolute Gasteiger partial charge is 0.273 e. The molecule has 178 valence electrons. The first-order chi connectivity index (χ1) is 17.0. The Hall–Kier alpha value is -3.84. The van der Waals surface area contributed by atoms with E-state index in [2.05, 4.69) is 10.2 Å². The van der Waals surface area contributed by atoms with Gasteiger partial charge < -0.3 is 14.4 Å². The van der Waals surface area contributed by atoms with Gasteiger partial charge in [0.1, 0.15) is 11.5 Å². The Morgan fingerprint density at radius 3 is 2.51 bits per heavy atom. The Balaban J connectivity index is 1.53. The zero-order valence-electron chi connectivity index (χ0n) is 19.2. The van der Waals surface area contributed by atoms with Crippen LogP contribution in [0.25, 0.3) is 11.3 Å². The van der Waals surface area contributed by atoms with Crippen LogP contribution in [0.3, 0.4) is 0 Å². The van der Waals surface area contributed by atoms with Gasteiger partial charge in [0.15, 0.2) is 11.5 Å². The molecule has 0 radical (unpaired) electrons. The third-order valence-electron chi connectivity index (χ3n) is 6.24. The van der Waals surface area contributed by atoms with Gasteiger partial charge in [0.25, 0.3) is 5.91 Å². The zero-order chi connectivity index (χ0) is 24.5. The predicted octanol–water partition coefficient (Wildman–Crippen LogP) is 5.67. The van der Waals surface area contributed by atoms with Gasteiger partial charge >= 0.3 is 0 Å². The number of nitrogens with zero attached hydrogens (tertiary/aromatic N) is 2. The molecular formula is C27H23ClFN3O3. The van der Waals surface area contributed by atoms with Gasteiger partial charge in [0.2, 0.25) is 0 Å². The van der Waals surface area contributed by atoms with Gasteiger partial charge in [-0.1, -0.05) is 41.9 Å². The van der Waals surface area contributed by atoms with Crippen molar-refractivity contribution in [1.29, 1.82) is 0 Å². The van der Waals surface area contributed by atoms with Crippen molar-refractivity contribution in [2.45, 2.75) is 12.5 Å². The summed E-state index contributed by atoms with van der Waals surface area (Å²) in [5.41, 5.74) is 4.28. The highest BCUT2D eigenvalue weighted by molar-refractivity contribution is 6.30. The molecule has 1 N–H and O–H groups in total. The van der Waals surface area contributed by atoms with Crippen molar-refractivity contribution in [2.75, 3.05) is 20.8 Å². The van der Waals surface area contributed by atoms with Crippen molar-refractivity contribution in [3.8, 4) is 22.8 Å². The molecule has 1 aromatic heterocycles. The number of aromatic nitrogens is 2. The number of carbonyl (C=O) groups excluding carboxylic acids is 1. The van der Waals surface area contributed by atoms with E-state index in [1.54, 1.807) is 37.3 Å². The van der Waals surface area contributed by atoms with E-state index in [4.69, 9.17) is 21.1 Å². The van der Waals surface area contributed by atoms with Gasteiger partial charge in [0.05, 0.1) is 26.0 Å². The zero-order valence-corrected chi connectivity index (χ0v) is 20.0. The van der Waals surface area contributed by atoms with Gasteiger partial charge in [-0.25, -0.2) is 4.39 Å². The molecule has 0 spiro atoms. The first kappa shape index (κ1) is 22.9. The fourth-order valence-corrected chi connectivity index (χ4v) is 4.69. The molecule has 8 heteroatoms. The van der Waals surface area contributed by atoms with E-state index in [9.17, 15) is 9.18 Å². The quantitative estimate of drug-likeness (QED) is 0.361. The third-order valence-corrected chi connectivity index (χ3v) is 6.49. The Morgan fingerprint density at radius 2 is 1.80 bits per heavy atom. The number of ether oxygens (including phenoxy) is 2. The maximum atomic E-state index is 14.3. The molecule has 0 fully saturated rings. The highest BCUT2D eigenvalue weighted by atomic mass is 35.5. The Bertz CT molecular complexity index is 1390. The third kappa shape index (κ3) is 4.23. The Labute approximate surface area is 207 Å². The number of halogens is 2. The summed E-state index contributed by atoms with van der Waals surface area (Å²) in [7, 11) is 3.17. The van der Waals surface area contributed by atoms with E-state index in [1.807, 2.05) is 36.4 Å². The number of benzene rings is 3. The summed E-state index contributed by atoms with van der Waals surface area (Å²) in [6.07, 6.45) is 0.575. The Kier molecular flexibility index (Phi) is 6.17. The van der Waals surface area contributed by atoms with Gasteiger partial charge in [-0.05, 0) is 53.9 Å². The molecule has 2 heterocycles. The van der Waals surface area contributed by atoms with Crippen LogP contribution in [0.2, 0.25) is 5.02 Å². The lowest BCUT2D eigenvalue weighted by molar-refractivity contribution is 0.0745. The second kappa shape index (κ2) is 9.43. The fraction of sp³-hybridized carbons (Fsp3) is 0.185. The molecule has 1 atom stereocenters. The SMILES string of the molecule is COc1ccc(CCN2C(=O)c3[nH]nc(-c4ccc(Cl)cc4)c3C2c2cccc(F)c2)cc1OC. The van der Waals surface area contributed by atoms with Crippen LogP contribution in [0.15, 0.2) is 66.7 Å². The van der Waals surface area contributed by atoms with E-state index >= 15 is 0 Å². The van der Waals surface area contributed by atoms with Crippen molar-refractivity contribution in [3.63, 3.8) is 0 Å².